The molecule has 0 atom stereocenters. The average Bonchev–Trinajstić information content (AvgIpc) is 2.21. The van der Waals surface area contributed by atoms with Gasteiger partial charge in [-0.3, -0.25) is 9.78 Å². The molecule has 0 fully saturated rings. The Hall–Kier alpha value is -1.64. The van der Waals surface area contributed by atoms with Crippen LogP contribution in [0.1, 0.15) is 19.5 Å². The van der Waals surface area contributed by atoms with Gasteiger partial charge in [0.25, 0.3) is 0 Å². The van der Waals surface area contributed by atoms with Crippen molar-refractivity contribution in [3.05, 3.63) is 40.4 Å². The van der Waals surface area contributed by atoms with Crippen LogP contribution in [0.5, 0.6) is 0 Å². The van der Waals surface area contributed by atoms with Crippen LogP contribution in [0.3, 0.4) is 0 Å². The number of fused-ring (bicyclic) bond motifs is 1. The second-order valence-electron chi connectivity index (χ2n) is 2.68. The van der Waals surface area contributed by atoms with Crippen LogP contribution in [0.2, 0.25) is 0 Å². The Morgan fingerprint density at radius 3 is 2.64 bits per heavy atom. The van der Waals surface area contributed by atoms with Crippen molar-refractivity contribution in [3.8, 4) is 0 Å². The summed E-state index contributed by atoms with van der Waals surface area (Å²) in [6.45, 7) is 5.92. The van der Waals surface area contributed by atoms with Crippen LogP contribution in [-0.4, -0.2) is 9.97 Å². The van der Waals surface area contributed by atoms with Crippen molar-refractivity contribution in [2.45, 2.75) is 20.8 Å². The molecule has 0 amide bonds. The van der Waals surface area contributed by atoms with Gasteiger partial charge in [-0.05, 0) is 19.1 Å². The zero-order valence-electron chi connectivity index (χ0n) is 8.66. The lowest BCUT2D eigenvalue weighted by molar-refractivity contribution is 1.21. The molecule has 0 aliphatic rings. The second-order valence-corrected chi connectivity index (χ2v) is 2.68. The van der Waals surface area contributed by atoms with Gasteiger partial charge in [0.2, 0.25) is 5.56 Å². The number of nitrogens with one attached hydrogen (secondary N) is 1. The highest BCUT2D eigenvalue weighted by Crippen LogP contribution is 2.10. The van der Waals surface area contributed by atoms with E-state index in [2.05, 4.69) is 9.97 Å². The first-order valence-corrected chi connectivity index (χ1v) is 4.72. The summed E-state index contributed by atoms with van der Waals surface area (Å²) in [5.41, 5.74) is 1.70. The fourth-order valence-corrected chi connectivity index (χ4v) is 1.23. The van der Waals surface area contributed by atoms with Crippen molar-refractivity contribution < 1.29 is 0 Å². The molecule has 0 unspecified atom stereocenters. The standard InChI is InChI=1S/C9H8N2O.C2H6/c1-6-7-2-3-9(12)11-8(7)4-5-10-6;1-2/h2-5H,1H3,(H,11,12);1-2H3. The molecule has 2 aromatic heterocycles. The van der Waals surface area contributed by atoms with Gasteiger partial charge < -0.3 is 4.98 Å². The van der Waals surface area contributed by atoms with Crippen molar-refractivity contribution in [2.75, 3.05) is 0 Å². The van der Waals surface area contributed by atoms with Crippen molar-refractivity contribution in [1.82, 2.24) is 9.97 Å². The summed E-state index contributed by atoms with van der Waals surface area (Å²) in [4.78, 5) is 17.8. The fourth-order valence-electron chi connectivity index (χ4n) is 1.23. The zero-order chi connectivity index (χ0) is 10.6. The Morgan fingerprint density at radius 2 is 1.93 bits per heavy atom. The van der Waals surface area contributed by atoms with Crippen LogP contribution in [0.4, 0.5) is 0 Å². The highest BCUT2D eigenvalue weighted by atomic mass is 16.1. The van der Waals surface area contributed by atoms with Gasteiger partial charge in [0.05, 0.1) is 5.52 Å². The van der Waals surface area contributed by atoms with Gasteiger partial charge in [-0.2, -0.15) is 0 Å². The maximum absolute atomic E-state index is 10.9. The van der Waals surface area contributed by atoms with Gasteiger partial charge in [-0.25, -0.2) is 0 Å². The molecule has 0 spiro atoms. The predicted octanol–water partition coefficient (Wildman–Crippen LogP) is 2.26. The summed E-state index contributed by atoms with van der Waals surface area (Å²) >= 11 is 0. The number of aromatic amines is 1. The second kappa shape index (κ2) is 4.56. The first-order chi connectivity index (χ1) is 6.77. The first-order valence-electron chi connectivity index (χ1n) is 4.72. The summed E-state index contributed by atoms with van der Waals surface area (Å²) in [7, 11) is 0. The third-order valence-electron chi connectivity index (χ3n) is 1.85. The molecular weight excluding hydrogens is 176 g/mol. The van der Waals surface area contributed by atoms with Crippen molar-refractivity contribution >= 4 is 10.9 Å². The molecule has 14 heavy (non-hydrogen) atoms. The molecule has 3 heteroatoms. The summed E-state index contributed by atoms with van der Waals surface area (Å²) < 4.78 is 0. The molecule has 0 saturated carbocycles. The number of hydrogen-bond acceptors (Lipinski definition) is 2. The number of aromatic nitrogens is 2. The maximum Gasteiger partial charge on any atom is 0.248 e. The van der Waals surface area contributed by atoms with Gasteiger partial charge in [-0.1, -0.05) is 13.8 Å². The molecule has 3 nitrogen and oxygen atoms in total. The smallest absolute Gasteiger partial charge is 0.248 e. The monoisotopic (exact) mass is 190 g/mol. The molecular formula is C11H14N2O. The van der Waals surface area contributed by atoms with Crippen LogP contribution in [0.15, 0.2) is 29.2 Å². The Balaban J connectivity index is 0.000000461. The molecule has 0 saturated heterocycles. The molecule has 1 N–H and O–H groups in total. The lowest BCUT2D eigenvalue weighted by Crippen LogP contribution is -2.02. The van der Waals surface area contributed by atoms with E-state index in [0.717, 1.165) is 16.6 Å². The van der Waals surface area contributed by atoms with Gasteiger partial charge in [0, 0.05) is 23.3 Å². The third kappa shape index (κ3) is 1.99. The van der Waals surface area contributed by atoms with E-state index in [4.69, 9.17) is 0 Å². The van der Waals surface area contributed by atoms with E-state index in [-0.39, 0.29) is 5.56 Å². The topological polar surface area (TPSA) is 45.8 Å². The van der Waals surface area contributed by atoms with Crippen LogP contribution in [-0.2, 0) is 0 Å². The Bertz CT molecular complexity index is 474. The minimum Gasteiger partial charge on any atom is -0.322 e. The minimum absolute atomic E-state index is 0.0758. The summed E-state index contributed by atoms with van der Waals surface area (Å²) in [5.74, 6) is 0. The van der Waals surface area contributed by atoms with Crippen molar-refractivity contribution in [3.63, 3.8) is 0 Å². The molecule has 2 aromatic rings. The van der Waals surface area contributed by atoms with Crippen LogP contribution >= 0.6 is 0 Å². The van der Waals surface area contributed by atoms with E-state index in [0.29, 0.717) is 0 Å². The third-order valence-corrected chi connectivity index (χ3v) is 1.85. The molecule has 74 valence electrons. The fraction of sp³-hybridized carbons (Fsp3) is 0.273. The van der Waals surface area contributed by atoms with Gasteiger partial charge >= 0.3 is 0 Å². The summed E-state index contributed by atoms with van der Waals surface area (Å²) in [5, 5.41) is 0.997. The van der Waals surface area contributed by atoms with E-state index < -0.39 is 0 Å². The van der Waals surface area contributed by atoms with Crippen molar-refractivity contribution in [2.24, 2.45) is 0 Å². The zero-order valence-corrected chi connectivity index (χ0v) is 8.66. The maximum atomic E-state index is 10.9. The number of hydrogen-bond donors (Lipinski definition) is 1. The lowest BCUT2D eigenvalue weighted by Gasteiger charge is -1.98. The highest BCUT2D eigenvalue weighted by Gasteiger charge is 1.96. The molecule has 2 heterocycles. The Labute approximate surface area is 82.8 Å². The molecule has 0 aliphatic heterocycles. The van der Waals surface area contributed by atoms with Crippen LogP contribution < -0.4 is 5.56 Å². The first kappa shape index (κ1) is 10.4. The van der Waals surface area contributed by atoms with Crippen LogP contribution in [0.25, 0.3) is 10.9 Å². The number of pyridine rings is 2. The predicted molar refractivity (Wildman–Crippen MR) is 58.4 cm³/mol. The van der Waals surface area contributed by atoms with E-state index in [1.165, 1.54) is 6.07 Å². The molecule has 2 rings (SSSR count). The molecule has 0 radical (unpaired) electrons. The average molecular weight is 190 g/mol. The van der Waals surface area contributed by atoms with E-state index in [9.17, 15) is 4.79 Å². The number of rotatable bonds is 0. The molecule has 0 bridgehead atoms. The highest BCUT2D eigenvalue weighted by molar-refractivity contribution is 5.79. The van der Waals surface area contributed by atoms with Crippen molar-refractivity contribution in [1.29, 1.82) is 0 Å². The van der Waals surface area contributed by atoms with Gasteiger partial charge in [0.1, 0.15) is 0 Å². The largest absolute Gasteiger partial charge is 0.322 e. The SMILES string of the molecule is CC.Cc1nccc2[nH]c(=O)ccc12. The molecule has 0 aliphatic carbocycles. The van der Waals surface area contributed by atoms with E-state index >= 15 is 0 Å². The Kier molecular flexibility index (Phi) is 3.40. The van der Waals surface area contributed by atoms with Gasteiger partial charge in [-0.15, -0.1) is 0 Å². The minimum atomic E-state index is -0.0758. The molecule has 0 aromatic carbocycles. The number of aryl methyl sites for hydroxylation is 1. The van der Waals surface area contributed by atoms with Crippen LogP contribution in [0, 0.1) is 6.92 Å². The number of H-pyrrole nitrogens is 1. The summed E-state index contributed by atoms with van der Waals surface area (Å²) in [6, 6.07) is 5.09. The van der Waals surface area contributed by atoms with Gasteiger partial charge in [0.15, 0.2) is 0 Å². The van der Waals surface area contributed by atoms with E-state index in [1.807, 2.05) is 20.8 Å². The normalized spacial score (nSPS) is 9.36. The van der Waals surface area contributed by atoms with E-state index in [1.54, 1.807) is 18.3 Å². The lowest BCUT2D eigenvalue weighted by atomic mass is 10.2. The Morgan fingerprint density at radius 1 is 1.21 bits per heavy atom. The summed E-state index contributed by atoms with van der Waals surface area (Å²) in [6.07, 6.45) is 1.69. The number of nitrogens with zero attached hydrogens (tertiary/aromatic N) is 1. The quantitative estimate of drug-likeness (QED) is 0.692.